The van der Waals surface area contributed by atoms with Crippen molar-refractivity contribution in [2.75, 3.05) is 18.3 Å². The van der Waals surface area contributed by atoms with Crippen LogP contribution in [-0.4, -0.2) is 33.1 Å². The maximum absolute atomic E-state index is 12.4. The molecule has 0 saturated carbocycles. The molecule has 1 aromatic carbocycles. The van der Waals surface area contributed by atoms with Crippen molar-refractivity contribution in [2.24, 2.45) is 0 Å². The highest BCUT2D eigenvalue weighted by Crippen LogP contribution is 2.29. The third kappa shape index (κ3) is 4.08. The Bertz CT molecular complexity index is 706. The zero-order valence-electron chi connectivity index (χ0n) is 13.0. The molecule has 124 valence electrons. The maximum atomic E-state index is 12.4. The van der Waals surface area contributed by atoms with Crippen LogP contribution >= 0.6 is 23.4 Å². The molecule has 1 aromatic heterocycles. The lowest BCUT2D eigenvalue weighted by molar-refractivity contribution is -0.115. The number of methoxy groups -OCH3 is 1. The second-order valence-corrected chi connectivity index (χ2v) is 6.46. The van der Waals surface area contributed by atoms with E-state index in [-0.39, 0.29) is 5.91 Å². The van der Waals surface area contributed by atoms with Crippen LogP contribution in [0.15, 0.2) is 23.4 Å². The molecule has 0 aliphatic heterocycles. The summed E-state index contributed by atoms with van der Waals surface area (Å²) in [6.07, 6.45) is 0.671. The van der Waals surface area contributed by atoms with Gasteiger partial charge in [-0.1, -0.05) is 30.3 Å². The Balaban J connectivity index is 2.08. The minimum Gasteiger partial charge on any atom is -0.495 e. The van der Waals surface area contributed by atoms with Crippen molar-refractivity contribution in [3.05, 3.63) is 29.0 Å². The number of ether oxygens (including phenoxy) is 1. The van der Waals surface area contributed by atoms with Crippen molar-refractivity contribution < 1.29 is 9.53 Å². The number of hydrogen-bond donors (Lipinski definition) is 2. The highest BCUT2D eigenvalue weighted by atomic mass is 35.5. The lowest BCUT2D eigenvalue weighted by atomic mass is 10.3. The van der Waals surface area contributed by atoms with Crippen molar-refractivity contribution in [1.29, 1.82) is 0 Å². The van der Waals surface area contributed by atoms with Gasteiger partial charge in [-0.05, 0) is 25.1 Å². The molecule has 0 saturated heterocycles. The van der Waals surface area contributed by atoms with Crippen molar-refractivity contribution in [3.8, 4) is 5.75 Å². The predicted octanol–water partition coefficient (Wildman–Crippen LogP) is 2.34. The molecule has 9 heteroatoms. The number of anilines is 1. The minimum absolute atomic E-state index is 0.211. The van der Waals surface area contributed by atoms with Crippen LogP contribution in [0.4, 0.5) is 5.69 Å². The first-order chi connectivity index (χ1) is 11.0. The van der Waals surface area contributed by atoms with Crippen LogP contribution < -0.4 is 15.9 Å². The Labute approximate surface area is 143 Å². The average Bonchev–Trinajstić information content (AvgIpc) is 2.87. The van der Waals surface area contributed by atoms with E-state index in [4.69, 9.17) is 22.2 Å². The zero-order chi connectivity index (χ0) is 17.0. The van der Waals surface area contributed by atoms with Gasteiger partial charge in [-0.2, -0.15) is 0 Å². The maximum Gasteiger partial charge on any atom is 0.237 e. The lowest BCUT2D eigenvalue weighted by Crippen LogP contribution is -2.24. The molecule has 0 unspecified atom stereocenters. The number of benzene rings is 1. The molecule has 1 amide bonds. The largest absolute Gasteiger partial charge is 0.495 e. The number of thioether (sulfide) groups is 1. The average molecular weight is 356 g/mol. The SMILES string of the molecule is CCc1nnc(S[C@@H](C)C(=O)Nc2cc(Cl)ccc2OC)n1N. The highest BCUT2D eigenvalue weighted by Gasteiger charge is 2.20. The fourth-order valence-corrected chi connectivity index (χ4v) is 2.81. The fraction of sp³-hybridized carbons (Fsp3) is 0.357. The summed E-state index contributed by atoms with van der Waals surface area (Å²) in [6, 6.07) is 5.02. The van der Waals surface area contributed by atoms with E-state index in [9.17, 15) is 4.79 Å². The van der Waals surface area contributed by atoms with E-state index >= 15 is 0 Å². The van der Waals surface area contributed by atoms with E-state index in [1.807, 2.05) is 6.92 Å². The van der Waals surface area contributed by atoms with Gasteiger partial charge in [0.25, 0.3) is 0 Å². The van der Waals surface area contributed by atoms with Crippen molar-refractivity contribution in [2.45, 2.75) is 30.7 Å². The van der Waals surface area contributed by atoms with Gasteiger partial charge in [0, 0.05) is 11.4 Å². The normalized spacial score (nSPS) is 12.0. The molecule has 0 aliphatic carbocycles. The number of halogens is 1. The van der Waals surface area contributed by atoms with Gasteiger partial charge in [-0.15, -0.1) is 10.2 Å². The standard InChI is InChI=1S/C14H18ClN5O2S/c1-4-12-18-19-14(20(12)16)23-8(2)13(21)17-10-7-9(15)5-6-11(10)22-3/h5-8H,4,16H2,1-3H3,(H,17,21)/t8-/m0/s1. The third-order valence-corrected chi connectivity index (χ3v) is 4.41. The van der Waals surface area contributed by atoms with Gasteiger partial charge in [0.15, 0.2) is 5.82 Å². The molecule has 23 heavy (non-hydrogen) atoms. The van der Waals surface area contributed by atoms with E-state index in [0.717, 1.165) is 0 Å². The first-order valence-corrected chi connectivity index (χ1v) is 8.22. The smallest absolute Gasteiger partial charge is 0.237 e. The van der Waals surface area contributed by atoms with E-state index < -0.39 is 5.25 Å². The van der Waals surface area contributed by atoms with Crippen LogP contribution in [0.5, 0.6) is 5.75 Å². The number of rotatable bonds is 6. The quantitative estimate of drug-likeness (QED) is 0.610. The highest BCUT2D eigenvalue weighted by molar-refractivity contribution is 8.00. The Morgan fingerprint density at radius 2 is 2.26 bits per heavy atom. The third-order valence-electron chi connectivity index (χ3n) is 3.12. The van der Waals surface area contributed by atoms with Gasteiger partial charge in [-0.25, -0.2) is 4.68 Å². The number of nitrogen functional groups attached to an aromatic ring is 1. The monoisotopic (exact) mass is 355 g/mol. The van der Waals surface area contributed by atoms with Crippen LogP contribution in [0.25, 0.3) is 0 Å². The van der Waals surface area contributed by atoms with E-state index in [2.05, 4.69) is 15.5 Å². The summed E-state index contributed by atoms with van der Waals surface area (Å²) in [5, 5.41) is 11.3. The molecule has 1 atom stereocenters. The molecule has 0 fully saturated rings. The van der Waals surface area contributed by atoms with E-state index in [0.29, 0.717) is 33.9 Å². The van der Waals surface area contributed by atoms with Crippen LogP contribution in [0.3, 0.4) is 0 Å². The molecule has 0 bridgehead atoms. The van der Waals surface area contributed by atoms with Gasteiger partial charge in [0.2, 0.25) is 11.1 Å². The molecule has 2 aromatic rings. The summed E-state index contributed by atoms with van der Waals surface area (Å²) < 4.78 is 6.61. The molecule has 0 spiro atoms. The van der Waals surface area contributed by atoms with Crippen molar-refractivity contribution in [1.82, 2.24) is 14.9 Å². The molecular weight excluding hydrogens is 338 g/mol. The number of nitrogens with two attached hydrogens (primary N) is 1. The lowest BCUT2D eigenvalue weighted by Gasteiger charge is -2.14. The summed E-state index contributed by atoms with van der Waals surface area (Å²) >= 11 is 7.19. The summed E-state index contributed by atoms with van der Waals surface area (Å²) in [7, 11) is 1.53. The predicted molar refractivity (Wildman–Crippen MR) is 91.5 cm³/mol. The number of aryl methyl sites for hydroxylation is 1. The van der Waals surface area contributed by atoms with Gasteiger partial charge in [0.1, 0.15) is 5.75 Å². The number of aromatic nitrogens is 3. The van der Waals surface area contributed by atoms with Crippen molar-refractivity contribution >= 4 is 35.0 Å². The number of hydrogen-bond acceptors (Lipinski definition) is 6. The van der Waals surface area contributed by atoms with Crippen LogP contribution in [0.2, 0.25) is 5.02 Å². The molecule has 2 rings (SSSR count). The Morgan fingerprint density at radius 3 is 2.87 bits per heavy atom. The van der Waals surface area contributed by atoms with Gasteiger partial charge in [-0.3, -0.25) is 4.79 Å². The molecule has 1 heterocycles. The first kappa shape index (κ1) is 17.4. The van der Waals surface area contributed by atoms with Gasteiger partial charge >= 0.3 is 0 Å². The number of carbonyl (C=O) groups is 1. The zero-order valence-corrected chi connectivity index (χ0v) is 14.6. The Hall–Kier alpha value is -1.93. The number of nitrogens with zero attached hydrogens (tertiary/aromatic N) is 3. The number of carbonyl (C=O) groups excluding carboxylic acids is 1. The van der Waals surface area contributed by atoms with E-state index in [1.165, 1.54) is 23.5 Å². The topological polar surface area (TPSA) is 95.1 Å². The summed E-state index contributed by atoms with van der Waals surface area (Å²) in [5.74, 6) is 6.87. The van der Waals surface area contributed by atoms with Crippen molar-refractivity contribution in [3.63, 3.8) is 0 Å². The first-order valence-electron chi connectivity index (χ1n) is 6.96. The molecule has 0 aliphatic rings. The van der Waals surface area contributed by atoms with Crippen LogP contribution in [-0.2, 0) is 11.2 Å². The summed E-state index contributed by atoms with van der Waals surface area (Å²) in [6.45, 7) is 3.70. The second-order valence-electron chi connectivity index (χ2n) is 4.72. The summed E-state index contributed by atoms with van der Waals surface area (Å²) in [4.78, 5) is 12.4. The minimum atomic E-state index is -0.421. The van der Waals surface area contributed by atoms with Gasteiger partial charge < -0.3 is 15.9 Å². The molecule has 3 N–H and O–H groups in total. The van der Waals surface area contributed by atoms with E-state index in [1.54, 1.807) is 25.1 Å². The number of nitrogens with one attached hydrogen (secondary N) is 1. The Morgan fingerprint density at radius 1 is 1.52 bits per heavy atom. The second kappa shape index (κ2) is 7.56. The van der Waals surface area contributed by atoms with Crippen LogP contribution in [0.1, 0.15) is 19.7 Å². The molecule has 0 radical (unpaired) electrons. The molecule has 7 nitrogen and oxygen atoms in total. The number of amides is 1. The fourth-order valence-electron chi connectivity index (χ4n) is 1.85. The Kier molecular flexibility index (Phi) is 5.73. The van der Waals surface area contributed by atoms with Gasteiger partial charge in [0.05, 0.1) is 18.0 Å². The molecular formula is C14H18ClN5O2S. The van der Waals surface area contributed by atoms with Crippen LogP contribution in [0, 0.1) is 0 Å². The summed E-state index contributed by atoms with van der Waals surface area (Å²) in [5.41, 5.74) is 0.515.